The fourth-order valence-electron chi connectivity index (χ4n) is 6.90. The standard InChI is InChI=1S/C34H54O6S/c1-24(2)10-8-11-25(3)12-9-13-29(39-32-14-4-6-17-37-32)34-28-21-26(16-19-41-23-31(35)36)20-27(28)22-30(34)40-33-15-5-7-18-38-33/h10,13,20,25,27-28,30,32-34H,4-9,11-12,14-19,21-23H2,1-3H3,(H,35,36)/t25-,27-,28-,30-,32?,33?,34+/m1/s1. The van der Waals surface area contributed by atoms with E-state index in [4.69, 9.17) is 24.1 Å². The molecule has 1 N–H and O–H groups in total. The minimum atomic E-state index is -0.736. The molecule has 2 aliphatic carbocycles. The first-order valence-electron chi connectivity index (χ1n) is 16.3. The number of thioether (sulfide) groups is 1. The van der Waals surface area contributed by atoms with Gasteiger partial charge in [0.2, 0.25) is 0 Å². The van der Waals surface area contributed by atoms with E-state index in [2.05, 4.69) is 39.0 Å². The van der Waals surface area contributed by atoms with Crippen molar-refractivity contribution in [3.8, 4) is 0 Å². The molecule has 4 rings (SSSR count). The molecule has 0 aromatic heterocycles. The Hall–Kier alpha value is -1.28. The molecular formula is C34H54O6S. The van der Waals surface area contributed by atoms with E-state index in [1.165, 1.54) is 29.3 Å². The van der Waals surface area contributed by atoms with Gasteiger partial charge in [-0.3, -0.25) is 4.79 Å². The monoisotopic (exact) mass is 590 g/mol. The lowest BCUT2D eigenvalue weighted by Crippen LogP contribution is -2.34. The fourth-order valence-corrected chi connectivity index (χ4v) is 7.63. The van der Waals surface area contributed by atoms with E-state index in [0.717, 1.165) is 102 Å². The van der Waals surface area contributed by atoms with Crippen molar-refractivity contribution in [2.45, 2.75) is 123 Å². The van der Waals surface area contributed by atoms with Crippen LogP contribution in [0.1, 0.15) is 104 Å². The van der Waals surface area contributed by atoms with Crippen molar-refractivity contribution in [1.82, 2.24) is 0 Å². The Labute approximate surface area is 252 Å². The zero-order chi connectivity index (χ0) is 29.0. The lowest BCUT2D eigenvalue weighted by Gasteiger charge is -2.34. The molecule has 0 amide bonds. The summed E-state index contributed by atoms with van der Waals surface area (Å²) in [7, 11) is 0. The molecule has 4 aliphatic rings. The Kier molecular flexibility index (Phi) is 13.6. The molecule has 2 unspecified atom stereocenters. The van der Waals surface area contributed by atoms with Crippen LogP contribution in [0.3, 0.4) is 0 Å². The molecule has 0 aromatic rings. The summed E-state index contributed by atoms with van der Waals surface area (Å²) in [6, 6.07) is 0. The van der Waals surface area contributed by atoms with E-state index in [9.17, 15) is 4.79 Å². The Bertz CT molecular complexity index is 897. The highest BCUT2D eigenvalue weighted by Crippen LogP contribution is 2.52. The molecule has 0 bridgehead atoms. The van der Waals surface area contributed by atoms with E-state index >= 15 is 0 Å². The summed E-state index contributed by atoms with van der Waals surface area (Å²) in [4.78, 5) is 11.0. The average Bonchev–Trinajstić information content (AvgIpc) is 3.48. The van der Waals surface area contributed by atoms with Crippen molar-refractivity contribution in [3.05, 3.63) is 35.1 Å². The zero-order valence-electron chi connectivity index (χ0n) is 25.7. The number of aliphatic carboxylic acids is 1. The number of ether oxygens (including phenoxy) is 4. The topological polar surface area (TPSA) is 74.2 Å². The van der Waals surface area contributed by atoms with Crippen LogP contribution in [-0.2, 0) is 23.7 Å². The number of hydrogen-bond donors (Lipinski definition) is 1. The highest BCUT2D eigenvalue weighted by Gasteiger charge is 2.49. The molecule has 232 valence electrons. The van der Waals surface area contributed by atoms with Crippen LogP contribution < -0.4 is 0 Å². The maximum atomic E-state index is 11.0. The van der Waals surface area contributed by atoms with Crippen LogP contribution in [0, 0.1) is 23.7 Å². The number of carboxylic acids is 1. The molecule has 6 nitrogen and oxygen atoms in total. The van der Waals surface area contributed by atoms with Crippen molar-refractivity contribution < 1.29 is 28.8 Å². The zero-order valence-corrected chi connectivity index (χ0v) is 26.5. The van der Waals surface area contributed by atoms with Gasteiger partial charge in [0.15, 0.2) is 12.6 Å². The van der Waals surface area contributed by atoms with E-state index in [1.807, 2.05) is 0 Å². The highest BCUT2D eigenvalue weighted by molar-refractivity contribution is 7.99. The Morgan fingerprint density at radius 1 is 1.07 bits per heavy atom. The Morgan fingerprint density at radius 3 is 2.44 bits per heavy atom. The van der Waals surface area contributed by atoms with Crippen molar-refractivity contribution in [1.29, 1.82) is 0 Å². The van der Waals surface area contributed by atoms with Gasteiger partial charge in [-0.25, -0.2) is 0 Å². The second kappa shape index (κ2) is 17.1. The van der Waals surface area contributed by atoms with Gasteiger partial charge >= 0.3 is 5.97 Å². The summed E-state index contributed by atoms with van der Waals surface area (Å²) >= 11 is 1.51. The van der Waals surface area contributed by atoms with E-state index < -0.39 is 5.97 Å². The average molecular weight is 591 g/mol. The third-order valence-corrected chi connectivity index (χ3v) is 10.0. The van der Waals surface area contributed by atoms with Crippen LogP contribution in [0.2, 0.25) is 0 Å². The predicted octanol–water partition coefficient (Wildman–Crippen LogP) is 8.28. The van der Waals surface area contributed by atoms with E-state index in [-0.39, 0.29) is 30.4 Å². The quantitative estimate of drug-likeness (QED) is 0.110. The van der Waals surface area contributed by atoms with Crippen LogP contribution in [0.15, 0.2) is 35.1 Å². The summed E-state index contributed by atoms with van der Waals surface area (Å²) in [5, 5.41) is 9.01. The molecule has 7 atom stereocenters. The summed E-state index contributed by atoms with van der Waals surface area (Å²) in [5.74, 6) is 3.15. The number of allylic oxidation sites excluding steroid dienone is 5. The third kappa shape index (κ3) is 10.7. The Morgan fingerprint density at radius 2 is 1.78 bits per heavy atom. The molecule has 41 heavy (non-hydrogen) atoms. The first kappa shape index (κ1) is 32.6. The van der Waals surface area contributed by atoms with Gasteiger partial charge in [0.1, 0.15) is 5.76 Å². The van der Waals surface area contributed by atoms with Crippen LogP contribution >= 0.6 is 11.8 Å². The van der Waals surface area contributed by atoms with Gasteiger partial charge in [0.25, 0.3) is 0 Å². The molecule has 0 radical (unpaired) electrons. The number of carboxylic acid groups (broad SMARTS) is 1. The molecular weight excluding hydrogens is 536 g/mol. The number of carbonyl (C=O) groups is 1. The largest absolute Gasteiger partial charge is 0.481 e. The Balaban J connectivity index is 1.47. The lowest BCUT2D eigenvalue weighted by atomic mass is 9.87. The maximum Gasteiger partial charge on any atom is 0.313 e. The molecule has 2 heterocycles. The summed E-state index contributed by atoms with van der Waals surface area (Å²) < 4.78 is 25.6. The normalized spacial score (nSPS) is 30.9. The van der Waals surface area contributed by atoms with Gasteiger partial charge in [-0.1, -0.05) is 30.2 Å². The SMILES string of the molecule is CC(C)=CCC[C@@H](C)CCC=C(OC1CCCCO1)[C@@H]1[C@@H]2CC(CCSCC(=O)O)=C[C@@H]2C[C@H]1OC1CCCCO1. The van der Waals surface area contributed by atoms with Gasteiger partial charge < -0.3 is 24.1 Å². The summed E-state index contributed by atoms with van der Waals surface area (Å²) in [5.41, 5.74) is 2.87. The molecule has 0 aromatic carbocycles. The maximum absolute atomic E-state index is 11.0. The van der Waals surface area contributed by atoms with Gasteiger partial charge in [-0.2, -0.15) is 0 Å². The second-order valence-electron chi connectivity index (χ2n) is 12.8. The third-order valence-electron chi connectivity index (χ3n) is 9.07. The second-order valence-corrected chi connectivity index (χ2v) is 14.0. The fraction of sp³-hybridized carbons (Fsp3) is 0.794. The van der Waals surface area contributed by atoms with Crippen molar-refractivity contribution in [3.63, 3.8) is 0 Å². The highest BCUT2D eigenvalue weighted by atomic mass is 32.2. The van der Waals surface area contributed by atoms with Crippen LogP contribution in [0.25, 0.3) is 0 Å². The molecule has 1 saturated carbocycles. The van der Waals surface area contributed by atoms with Gasteiger partial charge in [-0.05, 0) is 120 Å². The van der Waals surface area contributed by atoms with Crippen molar-refractivity contribution >= 4 is 17.7 Å². The van der Waals surface area contributed by atoms with Gasteiger partial charge in [0, 0.05) is 18.9 Å². The molecule has 0 spiro atoms. The molecule has 3 fully saturated rings. The van der Waals surface area contributed by atoms with Crippen LogP contribution in [0.4, 0.5) is 0 Å². The van der Waals surface area contributed by atoms with Crippen molar-refractivity contribution in [2.24, 2.45) is 23.7 Å². The van der Waals surface area contributed by atoms with Gasteiger partial charge in [0.05, 0.1) is 18.5 Å². The number of hydrogen-bond acceptors (Lipinski definition) is 6. The van der Waals surface area contributed by atoms with E-state index in [0.29, 0.717) is 17.8 Å². The van der Waals surface area contributed by atoms with Crippen LogP contribution in [-0.4, -0.2) is 54.5 Å². The predicted molar refractivity (Wildman–Crippen MR) is 166 cm³/mol. The first-order chi connectivity index (χ1) is 19.9. The molecule has 2 aliphatic heterocycles. The lowest BCUT2D eigenvalue weighted by molar-refractivity contribution is -0.200. The number of fused-ring (bicyclic) bond motifs is 1. The van der Waals surface area contributed by atoms with Gasteiger partial charge in [-0.15, -0.1) is 11.8 Å². The molecule has 7 heteroatoms. The molecule has 2 saturated heterocycles. The first-order valence-corrected chi connectivity index (χ1v) is 17.4. The minimum absolute atomic E-state index is 0.0808. The van der Waals surface area contributed by atoms with E-state index in [1.54, 1.807) is 0 Å². The summed E-state index contributed by atoms with van der Waals surface area (Å²) in [6.07, 6.45) is 20.9. The van der Waals surface area contributed by atoms with Crippen molar-refractivity contribution in [2.75, 3.05) is 24.7 Å². The number of rotatable bonds is 16. The smallest absolute Gasteiger partial charge is 0.313 e. The van der Waals surface area contributed by atoms with Crippen LogP contribution in [0.5, 0.6) is 0 Å². The summed E-state index contributed by atoms with van der Waals surface area (Å²) in [6.45, 7) is 8.27. The minimum Gasteiger partial charge on any atom is -0.481 e.